The van der Waals surface area contributed by atoms with Crippen LogP contribution < -0.4 is 14.4 Å². The molecule has 0 fully saturated rings. The van der Waals surface area contributed by atoms with Crippen LogP contribution in [0.4, 0.5) is 5.69 Å². The summed E-state index contributed by atoms with van der Waals surface area (Å²) in [5, 5.41) is 3.34. The molecule has 0 radical (unpaired) electrons. The van der Waals surface area contributed by atoms with Gasteiger partial charge >= 0.3 is 0 Å². The van der Waals surface area contributed by atoms with E-state index in [1.807, 2.05) is 20.8 Å². The molecule has 3 rings (SSSR count). The zero-order valence-corrected chi connectivity index (χ0v) is 26.6. The van der Waals surface area contributed by atoms with Crippen LogP contribution in [-0.2, 0) is 26.2 Å². The molecule has 2 amide bonds. The molecule has 0 saturated carbocycles. The standard InChI is InChI=1S/C31H37Cl2N3O5S/c1-5-7-16-34-31(38)29(6-2)35(20-23-10-12-27(41-4)13-11-23)30(37)21-36(26-18-24(32)17-25(33)19-26)42(39,40)28-14-8-22(3)9-15-28/h8-15,17-19,29H,5-7,16,20-21H2,1-4H3,(H,34,38). The molecule has 0 bridgehead atoms. The first kappa shape index (κ1) is 33.2. The Morgan fingerprint density at radius 1 is 0.952 bits per heavy atom. The monoisotopic (exact) mass is 633 g/mol. The van der Waals surface area contributed by atoms with Gasteiger partial charge in [-0.2, -0.15) is 0 Å². The number of nitrogens with one attached hydrogen (secondary N) is 1. The second-order valence-corrected chi connectivity index (χ2v) is 12.6. The summed E-state index contributed by atoms with van der Waals surface area (Å²) < 4.78 is 34.2. The van der Waals surface area contributed by atoms with Crippen molar-refractivity contribution in [3.8, 4) is 5.75 Å². The Morgan fingerprint density at radius 2 is 1.57 bits per heavy atom. The van der Waals surface area contributed by atoms with E-state index in [-0.39, 0.29) is 33.1 Å². The fourth-order valence-electron chi connectivity index (χ4n) is 4.40. The van der Waals surface area contributed by atoms with Gasteiger partial charge in [0.25, 0.3) is 10.0 Å². The molecule has 0 aliphatic rings. The van der Waals surface area contributed by atoms with Crippen molar-refractivity contribution in [3.05, 3.63) is 87.9 Å². The molecular weight excluding hydrogens is 597 g/mol. The van der Waals surface area contributed by atoms with Crippen LogP contribution in [0.2, 0.25) is 10.0 Å². The maximum absolute atomic E-state index is 14.1. The molecule has 0 heterocycles. The predicted molar refractivity (Wildman–Crippen MR) is 168 cm³/mol. The second-order valence-electron chi connectivity index (χ2n) is 9.89. The number of halogens is 2. The Labute approximate surface area is 258 Å². The van der Waals surface area contributed by atoms with E-state index in [4.69, 9.17) is 27.9 Å². The topological polar surface area (TPSA) is 96.0 Å². The lowest BCUT2D eigenvalue weighted by Crippen LogP contribution is -2.52. The lowest BCUT2D eigenvalue weighted by molar-refractivity contribution is -0.140. The molecule has 1 atom stereocenters. The van der Waals surface area contributed by atoms with Gasteiger partial charge in [0.15, 0.2) is 0 Å². The van der Waals surface area contributed by atoms with Crippen LogP contribution in [0.3, 0.4) is 0 Å². The molecule has 0 saturated heterocycles. The molecule has 1 unspecified atom stereocenters. The van der Waals surface area contributed by atoms with E-state index in [9.17, 15) is 18.0 Å². The van der Waals surface area contributed by atoms with Crippen molar-refractivity contribution in [3.63, 3.8) is 0 Å². The van der Waals surface area contributed by atoms with Crippen molar-refractivity contribution in [2.45, 2.75) is 57.5 Å². The highest BCUT2D eigenvalue weighted by atomic mass is 35.5. The van der Waals surface area contributed by atoms with Gasteiger partial charge in [-0.05, 0) is 67.8 Å². The third kappa shape index (κ3) is 8.63. The number of benzene rings is 3. The van der Waals surface area contributed by atoms with Crippen LogP contribution in [0.5, 0.6) is 5.75 Å². The molecule has 11 heteroatoms. The number of carbonyl (C=O) groups excluding carboxylic acids is 2. The Morgan fingerprint density at radius 3 is 2.12 bits per heavy atom. The molecule has 0 aliphatic heterocycles. The summed E-state index contributed by atoms with van der Waals surface area (Å²) in [5.41, 5.74) is 1.77. The number of hydrogen-bond donors (Lipinski definition) is 1. The SMILES string of the molecule is CCCCNC(=O)C(CC)N(Cc1ccc(OC)cc1)C(=O)CN(c1cc(Cl)cc(Cl)c1)S(=O)(=O)c1ccc(C)cc1. The number of anilines is 1. The Bertz CT molecular complexity index is 1440. The number of amides is 2. The van der Waals surface area contributed by atoms with E-state index in [2.05, 4.69) is 5.32 Å². The van der Waals surface area contributed by atoms with Crippen molar-refractivity contribution in [2.24, 2.45) is 0 Å². The van der Waals surface area contributed by atoms with Gasteiger partial charge in [-0.1, -0.05) is 73.3 Å². The first-order valence-electron chi connectivity index (χ1n) is 13.8. The van der Waals surface area contributed by atoms with E-state index >= 15 is 0 Å². The molecule has 0 aromatic heterocycles. The summed E-state index contributed by atoms with van der Waals surface area (Å²) in [7, 11) is -2.67. The number of carbonyl (C=O) groups is 2. The number of rotatable bonds is 14. The fourth-order valence-corrected chi connectivity index (χ4v) is 6.32. The molecule has 226 valence electrons. The van der Waals surface area contributed by atoms with Gasteiger partial charge in [0.05, 0.1) is 17.7 Å². The predicted octanol–water partition coefficient (Wildman–Crippen LogP) is 6.23. The van der Waals surface area contributed by atoms with Crippen LogP contribution in [0.1, 0.15) is 44.2 Å². The summed E-state index contributed by atoms with van der Waals surface area (Å²) in [4.78, 5) is 28.9. The highest BCUT2D eigenvalue weighted by molar-refractivity contribution is 7.92. The molecule has 3 aromatic rings. The maximum atomic E-state index is 14.1. The normalized spacial score (nSPS) is 12.0. The van der Waals surface area contributed by atoms with Crippen molar-refractivity contribution in [1.29, 1.82) is 0 Å². The molecule has 42 heavy (non-hydrogen) atoms. The second kappa shape index (κ2) is 15.3. The minimum Gasteiger partial charge on any atom is -0.497 e. The number of ether oxygens (including phenoxy) is 1. The molecule has 0 aliphatic carbocycles. The quantitative estimate of drug-likeness (QED) is 0.212. The van der Waals surface area contributed by atoms with Gasteiger partial charge in [-0.25, -0.2) is 8.42 Å². The van der Waals surface area contributed by atoms with Crippen molar-refractivity contribution in [1.82, 2.24) is 10.2 Å². The van der Waals surface area contributed by atoms with Crippen LogP contribution >= 0.6 is 23.2 Å². The number of methoxy groups -OCH3 is 1. The van der Waals surface area contributed by atoms with Gasteiger partial charge < -0.3 is 15.0 Å². The van der Waals surface area contributed by atoms with Crippen molar-refractivity contribution < 1.29 is 22.7 Å². The van der Waals surface area contributed by atoms with Crippen LogP contribution in [0, 0.1) is 6.92 Å². The molecule has 8 nitrogen and oxygen atoms in total. The number of aryl methyl sites for hydroxylation is 1. The fraction of sp³-hybridized carbons (Fsp3) is 0.355. The first-order chi connectivity index (χ1) is 20.0. The Kier molecular flexibility index (Phi) is 12.1. The summed E-state index contributed by atoms with van der Waals surface area (Å²) in [5.74, 6) is -0.212. The zero-order chi connectivity index (χ0) is 30.9. The van der Waals surface area contributed by atoms with E-state index in [1.165, 1.54) is 35.2 Å². The minimum atomic E-state index is -4.23. The Hall–Kier alpha value is -3.27. The lowest BCUT2D eigenvalue weighted by Gasteiger charge is -2.33. The number of hydrogen-bond acceptors (Lipinski definition) is 5. The summed E-state index contributed by atoms with van der Waals surface area (Å²) in [6, 6.07) is 17.0. The van der Waals surface area contributed by atoms with Crippen molar-refractivity contribution >= 4 is 50.7 Å². The minimum absolute atomic E-state index is 0.00283. The average Bonchev–Trinajstić information content (AvgIpc) is 2.95. The maximum Gasteiger partial charge on any atom is 0.264 e. The van der Waals surface area contributed by atoms with Gasteiger partial charge in [0, 0.05) is 23.1 Å². The van der Waals surface area contributed by atoms with Gasteiger partial charge in [0.1, 0.15) is 18.3 Å². The largest absolute Gasteiger partial charge is 0.497 e. The van der Waals surface area contributed by atoms with Crippen LogP contribution in [0.15, 0.2) is 71.6 Å². The molecule has 0 spiro atoms. The highest BCUT2D eigenvalue weighted by Crippen LogP contribution is 2.30. The molecular formula is C31H37Cl2N3O5S. The Balaban J connectivity index is 2.06. The van der Waals surface area contributed by atoms with E-state index in [0.717, 1.165) is 28.3 Å². The smallest absolute Gasteiger partial charge is 0.264 e. The summed E-state index contributed by atoms with van der Waals surface area (Å²) in [6.45, 7) is 5.66. The first-order valence-corrected chi connectivity index (χ1v) is 15.9. The van der Waals surface area contributed by atoms with Crippen LogP contribution in [-0.4, -0.2) is 51.4 Å². The van der Waals surface area contributed by atoms with Gasteiger partial charge in [-0.3, -0.25) is 13.9 Å². The van der Waals surface area contributed by atoms with E-state index in [0.29, 0.717) is 18.7 Å². The summed E-state index contributed by atoms with van der Waals surface area (Å²) >= 11 is 12.5. The number of unbranched alkanes of at least 4 members (excludes halogenated alkanes) is 1. The number of sulfonamides is 1. The third-order valence-electron chi connectivity index (χ3n) is 6.75. The average molecular weight is 635 g/mol. The van der Waals surface area contributed by atoms with E-state index in [1.54, 1.807) is 43.5 Å². The van der Waals surface area contributed by atoms with Gasteiger partial charge in [-0.15, -0.1) is 0 Å². The lowest BCUT2D eigenvalue weighted by atomic mass is 10.1. The molecule has 3 aromatic carbocycles. The van der Waals surface area contributed by atoms with Gasteiger partial charge in [0.2, 0.25) is 11.8 Å². The third-order valence-corrected chi connectivity index (χ3v) is 8.98. The van der Waals surface area contributed by atoms with E-state index < -0.39 is 28.5 Å². The van der Waals surface area contributed by atoms with Crippen LogP contribution in [0.25, 0.3) is 0 Å². The van der Waals surface area contributed by atoms with Crippen molar-refractivity contribution in [2.75, 3.05) is 24.5 Å². The highest BCUT2D eigenvalue weighted by Gasteiger charge is 2.34. The zero-order valence-electron chi connectivity index (χ0n) is 24.3. The summed E-state index contributed by atoms with van der Waals surface area (Å²) in [6.07, 6.45) is 2.03. The number of nitrogens with zero attached hydrogens (tertiary/aromatic N) is 2. The molecule has 1 N–H and O–H groups in total.